The minimum Gasteiger partial charge on any atom is -0.486 e. The highest BCUT2D eigenvalue weighted by molar-refractivity contribution is 5.64. The molecule has 116 valence electrons. The fraction of sp³-hybridized carbons (Fsp3) is 0.462. The molecule has 1 aromatic carbocycles. The van der Waals surface area contributed by atoms with E-state index in [2.05, 4.69) is 10.1 Å². The first kappa shape index (κ1) is 15.3. The zero-order valence-corrected chi connectivity index (χ0v) is 11.4. The van der Waals surface area contributed by atoms with Gasteiger partial charge in [-0.2, -0.15) is 0 Å². The van der Waals surface area contributed by atoms with Gasteiger partial charge >= 0.3 is 6.09 Å². The number of carbonyl (C=O) groups is 1. The quantitative estimate of drug-likeness (QED) is 0.672. The van der Waals surface area contributed by atoms with Crippen LogP contribution in [0, 0.1) is 5.82 Å². The zero-order chi connectivity index (χ0) is 15.2. The molecule has 1 fully saturated rings. The maximum atomic E-state index is 13.5. The Labute approximate surface area is 121 Å². The van der Waals surface area contributed by atoms with Crippen molar-refractivity contribution in [3.8, 4) is 5.75 Å². The van der Waals surface area contributed by atoms with Crippen LogP contribution in [0.1, 0.15) is 0 Å². The van der Waals surface area contributed by atoms with E-state index < -0.39 is 11.9 Å². The third kappa shape index (κ3) is 4.47. The van der Waals surface area contributed by atoms with Gasteiger partial charge in [0.25, 0.3) is 0 Å². The minimum atomic E-state index is -0.822. The fourth-order valence-corrected chi connectivity index (χ4v) is 1.92. The van der Waals surface area contributed by atoms with E-state index in [9.17, 15) is 9.18 Å². The summed E-state index contributed by atoms with van der Waals surface area (Å²) in [6.45, 7) is 1.14. The largest absolute Gasteiger partial charge is 0.486 e. The third-order valence-corrected chi connectivity index (χ3v) is 3.01. The Morgan fingerprint density at radius 1 is 1.48 bits per heavy atom. The van der Waals surface area contributed by atoms with E-state index in [-0.39, 0.29) is 36.8 Å². The number of nitrogens with two attached hydrogens (primary N) is 2. The van der Waals surface area contributed by atoms with Gasteiger partial charge in [-0.1, -0.05) is 6.07 Å². The summed E-state index contributed by atoms with van der Waals surface area (Å²) in [7, 11) is 0. The molecule has 0 unspecified atom stereocenters. The number of benzene rings is 1. The Kier molecular flexibility index (Phi) is 5.18. The second-order valence-corrected chi connectivity index (χ2v) is 4.66. The van der Waals surface area contributed by atoms with Crippen molar-refractivity contribution in [3.63, 3.8) is 0 Å². The van der Waals surface area contributed by atoms with Gasteiger partial charge in [-0.05, 0) is 12.1 Å². The second kappa shape index (κ2) is 7.09. The molecular formula is C13H18FN3O4. The number of amides is 1. The molecule has 5 N–H and O–H groups in total. The molecule has 21 heavy (non-hydrogen) atoms. The van der Waals surface area contributed by atoms with Gasteiger partial charge in [0.05, 0.1) is 18.3 Å². The lowest BCUT2D eigenvalue weighted by Crippen LogP contribution is -2.50. The van der Waals surface area contributed by atoms with E-state index in [4.69, 9.17) is 20.9 Å². The number of ether oxygens (including phenoxy) is 3. The maximum absolute atomic E-state index is 13.5. The van der Waals surface area contributed by atoms with Crippen LogP contribution in [-0.2, 0) is 9.47 Å². The number of nitrogens with one attached hydrogen (secondary N) is 1. The van der Waals surface area contributed by atoms with Gasteiger partial charge in [-0.3, -0.25) is 0 Å². The number of rotatable bonds is 5. The molecule has 1 saturated heterocycles. The van der Waals surface area contributed by atoms with Crippen molar-refractivity contribution in [3.05, 3.63) is 24.0 Å². The Morgan fingerprint density at radius 3 is 2.90 bits per heavy atom. The maximum Gasteiger partial charge on any atom is 0.404 e. The smallest absolute Gasteiger partial charge is 0.404 e. The van der Waals surface area contributed by atoms with Crippen LogP contribution < -0.4 is 21.5 Å². The number of primary amides is 1. The van der Waals surface area contributed by atoms with Crippen LogP contribution in [0.4, 0.5) is 14.9 Å². The number of carbonyl (C=O) groups excluding carboxylic acids is 1. The molecule has 2 atom stereocenters. The first-order chi connectivity index (χ1) is 10.1. The van der Waals surface area contributed by atoms with Crippen molar-refractivity contribution in [1.82, 2.24) is 5.32 Å². The summed E-state index contributed by atoms with van der Waals surface area (Å²) >= 11 is 0. The van der Waals surface area contributed by atoms with Gasteiger partial charge in [0.1, 0.15) is 19.3 Å². The molecular weight excluding hydrogens is 281 g/mol. The molecule has 1 heterocycles. The molecule has 0 radical (unpaired) electrons. The molecule has 0 aromatic heterocycles. The molecule has 1 aromatic rings. The van der Waals surface area contributed by atoms with Gasteiger partial charge in [-0.15, -0.1) is 0 Å². The summed E-state index contributed by atoms with van der Waals surface area (Å²) in [5, 5.41) is 3.13. The molecule has 0 spiro atoms. The number of morpholine rings is 1. The molecule has 7 nitrogen and oxygen atoms in total. The molecule has 0 aliphatic carbocycles. The lowest BCUT2D eigenvalue weighted by molar-refractivity contribution is -0.0306. The first-order valence-corrected chi connectivity index (χ1v) is 6.50. The van der Waals surface area contributed by atoms with Crippen LogP contribution in [0.2, 0.25) is 0 Å². The van der Waals surface area contributed by atoms with Gasteiger partial charge in [0.15, 0.2) is 11.6 Å². The molecule has 1 aliphatic rings. The van der Waals surface area contributed by atoms with Crippen LogP contribution in [0.3, 0.4) is 0 Å². The highest BCUT2D eigenvalue weighted by Crippen LogP contribution is 2.24. The number of para-hydroxylation sites is 1. The van der Waals surface area contributed by atoms with Gasteiger partial charge in [0, 0.05) is 6.54 Å². The van der Waals surface area contributed by atoms with Crippen molar-refractivity contribution in [2.75, 3.05) is 32.1 Å². The van der Waals surface area contributed by atoms with Crippen molar-refractivity contribution in [2.24, 2.45) is 5.73 Å². The van der Waals surface area contributed by atoms with E-state index >= 15 is 0 Å². The number of halogens is 1. The van der Waals surface area contributed by atoms with Crippen LogP contribution in [0.5, 0.6) is 5.75 Å². The second-order valence-electron chi connectivity index (χ2n) is 4.66. The summed E-state index contributed by atoms with van der Waals surface area (Å²) < 4.78 is 29.1. The van der Waals surface area contributed by atoms with Gasteiger partial charge in [0.2, 0.25) is 0 Å². The van der Waals surface area contributed by atoms with Crippen molar-refractivity contribution >= 4 is 11.8 Å². The van der Waals surface area contributed by atoms with E-state index in [0.717, 1.165) is 0 Å². The van der Waals surface area contributed by atoms with Crippen LogP contribution in [0.25, 0.3) is 0 Å². The molecule has 0 saturated carbocycles. The van der Waals surface area contributed by atoms with Crippen molar-refractivity contribution in [1.29, 1.82) is 0 Å². The fourth-order valence-electron chi connectivity index (χ4n) is 1.92. The van der Waals surface area contributed by atoms with Crippen LogP contribution in [-0.4, -0.2) is 44.6 Å². The average Bonchev–Trinajstić information content (AvgIpc) is 2.46. The standard InChI is InChI=1S/C13H18FN3O4/c14-10-2-1-3-11(15)12(10)20-7-9-4-17-8(5-19-9)6-21-13(16)18/h1-3,8-9,17H,4-7,15H2,(H2,16,18)/t8-,9-/m0/s1. The average molecular weight is 299 g/mol. The zero-order valence-electron chi connectivity index (χ0n) is 11.4. The predicted octanol–water partition coefficient (Wildman–Crippen LogP) is 0.239. The number of hydrogen-bond donors (Lipinski definition) is 3. The monoisotopic (exact) mass is 299 g/mol. The highest BCUT2D eigenvalue weighted by atomic mass is 19.1. The highest BCUT2D eigenvalue weighted by Gasteiger charge is 2.23. The Balaban J connectivity index is 1.75. The summed E-state index contributed by atoms with van der Waals surface area (Å²) in [6, 6.07) is 4.24. The molecule has 2 rings (SSSR count). The van der Waals surface area contributed by atoms with Gasteiger partial charge < -0.3 is 31.0 Å². The Hall–Kier alpha value is -2.06. The molecule has 1 aliphatic heterocycles. The van der Waals surface area contributed by atoms with Gasteiger partial charge in [-0.25, -0.2) is 9.18 Å². The number of nitrogen functional groups attached to an aromatic ring is 1. The van der Waals surface area contributed by atoms with E-state index in [1.807, 2.05) is 0 Å². The van der Waals surface area contributed by atoms with E-state index in [0.29, 0.717) is 13.2 Å². The molecule has 0 bridgehead atoms. The Morgan fingerprint density at radius 2 is 2.29 bits per heavy atom. The SMILES string of the molecule is NC(=O)OC[C@@H]1CO[C@H](COc2c(N)cccc2F)CN1. The topological polar surface area (TPSA) is 109 Å². The lowest BCUT2D eigenvalue weighted by atomic mass is 10.2. The number of hydrogen-bond acceptors (Lipinski definition) is 6. The summed E-state index contributed by atoms with van der Waals surface area (Å²) in [6.07, 6.45) is -1.06. The predicted molar refractivity (Wildman–Crippen MR) is 73.4 cm³/mol. The molecule has 8 heteroatoms. The number of anilines is 1. The van der Waals surface area contributed by atoms with E-state index in [1.165, 1.54) is 12.1 Å². The third-order valence-electron chi connectivity index (χ3n) is 3.01. The van der Waals surface area contributed by atoms with Crippen molar-refractivity contribution in [2.45, 2.75) is 12.1 Å². The Bertz CT molecular complexity index is 472. The van der Waals surface area contributed by atoms with Crippen LogP contribution in [0.15, 0.2) is 18.2 Å². The van der Waals surface area contributed by atoms with E-state index in [1.54, 1.807) is 6.07 Å². The summed E-state index contributed by atoms with van der Waals surface area (Å²) in [5.74, 6) is -0.480. The van der Waals surface area contributed by atoms with Crippen LogP contribution >= 0.6 is 0 Å². The lowest BCUT2D eigenvalue weighted by Gasteiger charge is -2.29. The van der Waals surface area contributed by atoms with Crippen molar-refractivity contribution < 1.29 is 23.4 Å². The first-order valence-electron chi connectivity index (χ1n) is 6.50. The summed E-state index contributed by atoms with van der Waals surface area (Å²) in [5.41, 5.74) is 10.8. The summed E-state index contributed by atoms with van der Waals surface area (Å²) in [4.78, 5) is 10.5. The molecule has 1 amide bonds. The normalized spacial score (nSPS) is 21.8. The minimum absolute atomic E-state index is 0.0280.